The SMILES string of the molecule is CCCCC(=O)N1CCN(C(=O)c2cn(-c3ccnc(N[C@@H](C)c4ccccc4)n3)c(-c3ccccc3)n2)CC1. The number of carbonyl (C=O) groups excluding carboxylic acids is 2. The zero-order chi connectivity index (χ0) is 27.9. The normalized spacial score (nSPS) is 14.2. The minimum Gasteiger partial charge on any atom is -0.348 e. The number of unbranched alkanes of at least 4 members (excludes halogenated alkanes) is 1. The van der Waals surface area contributed by atoms with Gasteiger partial charge < -0.3 is 15.1 Å². The van der Waals surface area contributed by atoms with Gasteiger partial charge in [-0.15, -0.1) is 0 Å². The fraction of sp³-hybridized carbons (Fsp3) is 0.323. The molecule has 0 bridgehead atoms. The fourth-order valence-corrected chi connectivity index (χ4v) is 4.83. The second-order valence-corrected chi connectivity index (χ2v) is 9.98. The van der Waals surface area contributed by atoms with E-state index in [-0.39, 0.29) is 17.9 Å². The largest absolute Gasteiger partial charge is 0.348 e. The lowest BCUT2D eigenvalue weighted by atomic mass is 10.1. The van der Waals surface area contributed by atoms with Crippen molar-refractivity contribution in [2.24, 2.45) is 0 Å². The smallest absolute Gasteiger partial charge is 0.274 e. The summed E-state index contributed by atoms with van der Waals surface area (Å²) in [5.41, 5.74) is 2.35. The van der Waals surface area contributed by atoms with Crippen LogP contribution in [0.4, 0.5) is 5.95 Å². The van der Waals surface area contributed by atoms with Gasteiger partial charge in [0.05, 0.1) is 6.04 Å². The van der Waals surface area contributed by atoms with Gasteiger partial charge in [0.2, 0.25) is 11.9 Å². The van der Waals surface area contributed by atoms with Gasteiger partial charge in [0.15, 0.2) is 0 Å². The van der Waals surface area contributed by atoms with Gasteiger partial charge >= 0.3 is 0 Å². The van der Waals surface area contributed by atoms with Gasteiger partial charge in [-0.05, 0) is 25.0 Å². The summed E-state index contributed by atoms with van der Waals surface area (Å²) >= 11 is 0. The highest BCUT2D eigenvalue weighted by molar-refractivity contribution is 5.93. The zero-order valence-corrected chi connectivity index (χ0v) is 23.0. The molecule has 1 saturated heterocycles. The molecule has 4 aromatic rings. The van der Waals surface area contributed by atoms with E-state index in [1.54, 1.807) is 23.4 Å². The van der Waals surface area contributed by atoms with Crippen molar-refractivity contribution < 1.29 is 9.59 Å². The lowest BCUT2D eigenvalue weighted by Gasteiger charge is -2.34. The number of piperazine rings is 1. The molecule has 9 heteroatoms. The molecule has 0 spiro atoms. The van der Waals surface area contributed by atoms with Crippen molar-refractivity contribution in [2.75, 3.05) is 31.5 Å². The molecule has 0 radical (unpaired) electrons. The van der Waals surface area contributed by atoms with Crippen LogP contribution in [0.1, 0.15) is 55.2 Å². The van der Waals surface area contributed by atoms with Crippen molar-refractivity contribution in [2.45, 2.75) is 39.2 Å². The number of hydrogen-bond acceptors (Lipinski definition) is 6. The van der Waals surface area contributed by atoms with Crippen LogP contribution in [-0.2, 0) is 4.79 Å². The molecule has 0 unspecified atom stereocenters. The molecule has 1 atom stereocenters. The summed E-state index contributed by atoms with van der Waals surface area (Å²) in [6, 6.07) is 21.7. The highest BCUT2D eigenvalue weighted by Gasteiger charge is 2.27. The van der Waals surface area contributed by atoms with Crippen molar-refractivity contribution in [3.63, 3.8) is 0 Å². The van der Waals surface area contributed by atoms with Crippen LogP contribution >= 0.6 is 0 Å². The molecule has 0 aliphatic carbocycles. The van der Waals surface area contributed by atoms with Crippen LogP contribution in [0.2, 0.25) is 0 Å². The summed E-state index contributed by atoms with van der Waals surface area (Å²) in [6.07, 6.45) is 5.90. The van der Waals surface area contributed by atoms with Crippen molar-refractivity contribution in [1.29, 1.82) is 0 Å². The number of hydrogen-bond donors (Lipinski definition) is 1. The number of benzene rings is 2. The Morgan fingerprint density at radius 1 is 0.900 bits per heavy atom. The summed E-state index contributed by atoms with van der Waals surface area (Å²) in [7, 11) is 0. The van der Waals surface area contributed by atoms with Crippen LogP contribution in [0.25, 0.3) is 17.2 Å². The lowest BCUT2D eigenvalue weighted by Crippen LogP contribution is -2.50. The van der Waals surface area contributed by atoms with Gasteiger partial charge in [-0.1, -0.05) is 74.0 Å². The number of carbonyl (C=O) groups is 2. The Kier molecular flexibility index (Phi) is 8.49. The zero-order valence-electron chi connectivity index (χ0n) is 23.0. The predicted molar refractivity (Wildman–Crippen MR) is 155 cm³/mol. The average molecular weight is 538 g/mol. The van der Waals surface area contributed by atoms with Gasteiger partial charge in [-0.3, -0.25) is 14.2 Å². The molecule has 2 aromatic heterocycles. The number of amides is 2. The number of imidazole rings is 1. The number of aromatic nitrogens is 4. The highest BCUT2D eigenvalue weighted by Crippen LogP contribution is 2.24. The third kappa shape index (κ3) is 6.20. The summed E-state index contributed by atoms with van der Waals surface area (Å²) in [4.78, 5) is 43.6. The molecule has 9 nitrogen and oxygen atoms in total. The van der Waals surface area contributed by atoms with Crippen LogP contribution in [-0.4, -0.2) is 67.3 Å². The maximum Gasteiger partial charge on any atom is 0.274 e. The first kappa shape index (κ1) is 27.1. The molecule has 1 N–H and O–H groups in total. The van der Waals surface area contributed by atoms with E-state index in [1.807, 2.05) is 58.0 Å². The summed E-state index contributed by atoms with van der Waals surface area (Å²) in [5, 5.41) is 3.37. The van der Waals surface area contributed by atoms with Gasteiger partial charge in [0, 0.05) is 50.6 Å². The lowest BCUT2D eigenvalue weighted by molar-refractivity contribution is -0.132. The average Bonchev–Trinajstić information content (AvgIpc) is 3.46. The molecular formula is C31H35N7O2. The van der Waals surface area contributed by atoms with Crippen LogP contribution in [0.3, 0.4) is 0 Å². The highest BCUT2D eigenvalue weighted by atomic mass is 16.2. The predicted octanol–water partition coefficient (Wildman–Crippen LogP) is 4.98. The summed E-state index contributed by atoms with van der Waals surface area (Å²) in [5.74, 6) is 1.73. The summed E-state index contributed by atoms with van der Waals surface area (Å²) < 4.78 is 1.84. The van der Waals surface area contributed by atoms with Crippen LogP contribution in [0, 0.1) is 0 Å². The van der Waals surface area contributed by atoms with E-state index in [0.717, 1.165) is 24.0 Å². The van der Waals surface area contributed by atoms with Crippen LogP contribution in [0.5, 0.6) is 0 Å². The Balaban J connectivity index is 1.38. The monoisotopic (exact) mass is 537 g/mol. The first-order valence-corrected chi connectivity index (χ1v) is 13.9. The second kappa shape index (κ2) is 12.5. The van der Waals surface area contributed by atoms with E-state index in [1.165, 1.54) is 0 Å². The standard InChI is InChI=1S/C31H35N7O2/c1-3-4-15-28(39)36-18-20-37(21-19-36)30(40)26-22-38(29(34-26)25-13-9-6-10-14-25)27-16-17-32-31(35-27)33-23(2)24-11-7-5-8-12-24/h5-14,16-17,22-23H,3-4,15,18-21H2,1-2H3,(H,32,33,35)/t23-/m0/s1. The maximum atomic E-state index is 13.5. The fourth-order valence-electron chi connectivity index (χ4n) is 4.83. The summed E-state index contributed by atoms with van der Waals surface area (Å²) in [6.45, 7) is 6.21. The minimum absolute atomic E-state index is 0.0116. The molecule has 1 aliphatic rings. The number of rotatable bonds is 9. The molecule has 1 fully saturated rings. The molecule has 206 valence electrons. The molecule has 40 heavy (non-hydrogen) atoms. The first-order chi connectivity index (χ1) is 19.5. The molecule has 2 amide bonds. The quantitative estimate of drug-likeness (QED) is 0.324. The number of nitrogens with one attached hydrogen (secondary N) is 1. The van der Waals surface area contributed by atoms with Crippen LogP contribution in [0.15, 0.2) is 79.1 Å². The molecule has 3 heterocycles. The molecule has 1 aliphatic heterocycles. The van der Waals surface area contributed by atoms with E-state index in [2.05, 4.69) is 36.3 Å². The van der Waals surface area contributed by atoms with Gasteiger partial charge in [0.1, 0.15) is 17.3 Å². The van der Waals surface area contributed by atoms with Gasteiger partial charge in [-0.2, -0.15) is 4.98 Å². The Morgan fingerprint density at radius 2 is 1.57 bits per heavy atom. The van der Waals surface area contributed by atoms with E-state index in [0.29, 0.717) is 55.9 Å². The Labute approximate surface area is 234 Å². The third-order valence-corrected chi connectivity index (χ3v) is 7.15. The topological polar surface area (TPSA) is 96.2 Å². The van der Waals surface area contributed by atoms with E-state index in [9.17, 15) is 9.59 Å². The van der Waals surface area contributed by atoms with Crippen molar-refractivity contribution in [1.82, 2.24) is 29.3 Å². The van der Waals surface area contributed by atoms with Gasteiger partial charge in [0.25, 0.3) is 5.91 Å². The van der Waals surface area contributed by atoms with E-state index < -0.39 is 0 Å². The third-order valence-electron chi connectivity index (χ3n) is 7.15. The molecule has 0 saturated carbocycles. The Morgan fingerprint density at radius 3 is 2.27 bits per heavy atom. The molecule has 2 aromatic carbocycles. The Bertz CT molecular complexity index is 1430. The number of anilines is 1. The number of nitrogens with zero attached hydrogens (tertiary/aromatic N) is 6. The van der Waals surface area contributed by atoms with E-state index in [4.69, 9.17) is 9.97 Å². The minimum atomic E-state index is -0.151. The van der Waals surface area contributed by atoms with Crippen molar-refractivity contribution in [3.05, 3.63) is 90.4 Å². The Hall–Kier alpha value is -4.53. The van der Waals surface area contributed by atoms with E-state index >= 15 is 0 Å². The second-order valence-electron chi connectivity index (χ2n) is 9.98. The first-order valence-electron chi connectivity index (χ1n) is 13.9. The van der Waals surface area contributed by atoms with Crippen molar-refractivity contribution in [3.8, 4) is 17.2 Å². The van der Waals surface area contributed by atoms with Crippen LogP contribution < -0.4 is 5.32 Å². The maximum absolute atomic E-state index is 13.5. The molecular weight excluding hydrogens is 502 g/mol. The molecule has 5 rings (SSSR count). The van der Waals surface area contributed by atoms with Crippen molar-refractivity contribution >= 4 is 17.8 Å². The van der Waals surface area contributed by atoms with Gasteiger partial charge in [-0.25, -0.2) is 9.97 Å².